The molecule has 3 nitrogen and oxygen atoms in total. The summed E-state index contributed by atoms with van der Waals surface area (Å²) in [5.74, 6) is 2.10. The van der Waals surface area contributed by atoms with Gasteiger partial charge in [-0.3, -0.25) is 0 Å². The van der Waals surface area contributed by atoms with E-state index < -0.39 is 0 Å². The molecule has 0 aliphatic rings. The predicted octanol–water partition coefficient (Wildman–Crippen LogP) is 7.54. The molecule has 0 aliphatic heterocycles. The molecule has 0 saturated heterocycles. The predicted molar refractivity (Wildman–Crippen MR) is 133 cm³/mol. The minimum atomic E-state index is -0.333. The summed E-state index contributed by atoms with van der Waals surface area (Å²) in [4.78, 5) is 0. The molecule has 0 atom stereocenters. The first kappa shape index (κ1) is 22.5. The highest BCUT2D eigenvalue weighted by atomic mass is 16.5. The lowest BCUT2D eigenvalue weighted by atomic mass is 9.77. The smallest absolute Gasteiger partial charge is 0.127 e. The maximum Gasteiger partial charge on any atom is 0.127 e. The summed E-state index contributed by atoms with van der Waals surface area (Å²) < 4.78 is 6.07. The van der Waals surface area contributed by atoms with Gasteiger partial charge in [-0.25, -0.2) is 0 Å². The number of para-hydroxylation sites is 2. The van der Waals surface area contributed by atoms with Crippen LogP contribution in [0.15, 0.2) is 97.1 Å². The van der Waals surface area contributed by atoms with Crippen molar-refractivity contribution in [3.8, 4) is 23.0 Å². The minimum Gasteiger partial charge on any atom is -0.508 e. The second kappa shape index (κ2) is 8.67. The van der Waals surface area contributed by atoms with Gasteiger partial charge in [-0.2, -0.15) is 0 Å². The quantitative estimate of drug-likeness (QED) is 0.327. The molecule has 4 aromatic rings. The molecule has 0 aromatic heterocycles. The van der Waals surface area contributed by atoms with Crippen LogP contribution in [0, 0.1) is 0 Å². The summed E-state index contributed by atoms with van der Waals surface area (Å²) in [7, 11) is 0. The molecule has 0 bridgehead atoms. The summed E-state index contributed by atoms with van der Waals surface area (Å²) in [5, 5.41) is 20.6. The van der Waals surface area contributed by atoms with Gasteiger partial charge >= 0.3 is 0 Å². The lowest BCUT2D eigenvalue weighted by Gasteiger charge is -2.27. The molecule has 0 aliphatic carbocycles. The lowest BCUT2D eigenvalue weighted by molar-refractivity contribution is 0.452. The van der Waals surface area contributed by atoms with Crippen LogP contribution in [0.4, 0.5) is 0 Å². The van der Waals surface area contributed by atoms with Gasteiger partial charge in [0.2, 0.25) is 0 Å². The van der Waals surface area contributed by atoms with Gasteiger partial charge in [-0.05, 0) is 47.5 Å². The summed E-state index contributed by atoms with van der Waals surface area (Å²) in [6.07, 6.45) is 0. The van der Waals surface area contributed by atoms with Crippen molar-refractivity contribution >= 4 is 0 Å². The van der Waals surface area contributed by atoms with E-state index in [-0.39, 0.29) is 10.8 Å². The second-order valence-corrected chi connectivity index (χ2v) is 9.44. The Morgan fingerprint density at radius 3 is 1.15 bits per heavy atom. The third kappa shape index (κ3) is 4.45. The van der Waals surface area contributed by atoms with Crippen molar-refractivity contribution in [1.29, 1.82) is 0 Å². The Morgan fingerprint density at radius 2 is 0.818 bits per heavy atom. The standard InChI is InChI=1S/C30H30O3/c1-29(2,25-9-5-7-11-27(25)31)21-13-17-23(18-14-21)33-24-19-15-22(16-20-24)30(3,4)26-10-6-8-12-28(26)32/h5-20,31-32H,1-4H3. The van der Waals surface area contributed by atoms with E-state index in [1.807, 2.05) is 84.9 Å². The van der Waals surface area contributed by atoms with Crippen LogP contribution in [0.2, 0.25) is 0 Å². The maximum absolute atomic E-state index is 10.3. The molecular formula is C30H30O3. The van der Waals surface area contributed by atoms with E-state index in [4.69, 9.17) is 4.74 Å². The molecular weight excluding hydrogens is 408 g/mol. The van der Waals surface area contributed by atoms with Gasteiger partial charge in [0.25, 0.3) is 0 Å². The fourth-order valence-corrected chi connectivity index (χ4v) is 4.33. The summed E-state index contributed by atoms with van der Waals surface area (Å²) >= 11 is 0. The molecule has 0 spiro atoms. The third-order valence-corrected chi connectivity index (χ3v) is 6.54. The Bertz CT molecular complexity index is 1140. The van der Waals surface area contributed by atoms with Crippen LogP contribution in [-0.2, 0) is 10.8 Å². The highest BCUT2D eigenvalue weighted by Crippen LogP contribution is 2.39. The van der Waals surface area contributed by atoms with Gasteiger partial charge in [-0.15, -0.1) is 0 Å². The van der Waals surface area contributed by atoms with E-state index in [1.165, 1.54) is 0 Å². The molecule has 168 valence electrons. The van der Waals surface area contributed by atoms with E-state index in [1.54, 1.807) is 12.1 Å². The fourth-order valence-electron chi connectivity index (χ4n) is 4.33. The second-order valence-electron chi connectivity index (χ2n) is 9.44. The topological polar surface area (TPSA) is 49.7 Å². The zero-order valence-electron chi connectivity index (χ0n) is 19.5. The van der Waals surface area contributed by atoms with Crippen LogP contribution < -0.4 is 4.74 Å². The van der Waals surface area contributed by atoms with E-state index in [0.29, 0.717) is 11.5 Å². The number of phenolic OH excluding ortho intramolecular Hbond substituents is 2. The van der Waals surface area contributed by atoms with Crippen molar-refractivity contribution in [3.05, 3.63) is 119 Å². The van der Waals surface area contributed by atoms with Crippen LogP contribution in [0.1, 0.15) is 49.9 Å². The Kier molecular flexibility index (Phi) is 5.90. The van der Waals surface area contributed by atoms with Crippen LogP contribution >= 0.6 is 0 Å². The Labute approximate surface area is 195 Å². The average Bonchev–Trinajstić information content (AvgIpc) is 2.80. The molecule has 33 heavy (non-hydrogen) atoms. The van der Waals surface area contributed by atoms with E-state index >= 15 is 0 Å². The molecule has 0 unspecified atom stereocenters. The van der Waals surface area contributed by atoms with Crippen molar-refractivity contribution in [2.24, 2.45) is 0 Å². The van der Waals surface area contributed by atoms with Gasteiger partial charge in [0.1, 0.15) is 23.0 Å². The highest BCUT2D eigenvalue weighted by Gasteiger charge is 2.27. The van der Waals surface area contributed by atoms with Crippen molar-refractivity contribution in [1.82, 2.24) is 0 Å². The molecule has 4 rings (SSSR count). The van der Waals surface area contributed by atoms with Crippen LogP contribution in [-0.4, -0.2) is 10.2 Å². The van der Waals surface area contributed by atoms with Gasteiger partial charge in [0.15, 0.2) is 0 Å². The van der Waals surface area contributed by atoms with Crippen molar-refractivity contribution in [2.45, 2.75) is 38.5 Å². The normalized spacial score (nSPS) is 11.9. The number of phenols is 2. The fraction of sp³-hybridized carbons (Fsp3) is 0.200. The van der Waals surface area contributed by atoms with Crippen molar-refractivity contribution in [3.63, 3.8) is 0 Å². The van der Waals surface area contributed by atoms with E-state index in [0.717, 1.165) is 33.8 Å². The molecule has 0 amide bonds. The molecule has 0 heterocycles. The molecule has 0 fully saturated rings. The van der Waals surface area contributed by atoms with Crippen LogP contribution in [0.5, 0.6) is 23.0 Å². The first-order chi connectivity index (χ1) is 15.7. The Hall–Kier alpha value is -3.72. The van der Waals surface area contributed by atoms with E-state index in [9.17, 15) is 10.2 Å². The zero-order chi connectivity index (χ0) is 23.6. The summed E-state index contributed by atoms with van der Waals surface area (Å²) in [6, 6.07) is 30.9. The van der Waals surface area contributed by atoms with E-state index in [2.05, 4.69) is 27.7 Å². The molecule has 0 saturated carbocycles. The molecule has 0 radical (unpaired) electrons. The first-order valence-corrected chi connectivity index (χ1v) is 11.2. The molecule has 3 heteroatoms. The van der Waals surface area contributed by atoms with Crippen molar-refractivity contribution in [2.75, 3.05) is 0 Å². The number of ether oxygens (including phenoxy) is 1. The summed E-state index contributed by atoms with van der Waals surface area (Å²) in [5.41, 5.74) is 3.30. The van der Waals surface area contributed by atoms with Gasteiger partial charge in [0, 0.05) is 22.0 Å². The minimum absolute atomic E-state index is 0.301. The monoisotopic (exact) mass is 438 g/mol. The van der Waals surface area contributed by atoms with Crippen molar-refractivity contribution < 1.29 is 14.9 Å². The maximum atomic E-state index is 10.3. The van der Waals surface area contributed by atoms with Crippen LogP contribution in [0.3, 0.4) is 0 Å². The number of hydrogen-bond donors (Lipinski definition) is 2. The lowest BCUT2D eigenvalue weighted by Crippen LogP contribution is -2.19. The average molecular weight is 439 g/mol. The van der Waals surface area contributed by atoms with Crippen LogP contribution in [0.25, 0.3) is 0 Å². The largest absolute Gasteiger partial charge is 0.508 e. The van der Waals surface area contributed by atoms with Gasteiger partial charge in [-0.1, -0.05) is 88.4 Å². The number of aromatic hydroxyl groups is 2. The van der Waals surface area contributed by atoms with Gasteiger partial charge < -0.3 is 14.9 Å². The number of rotatable bonds is 6. The SMILES string of the molecule is CC(C)(c1ccc(Oc2ccc(C(C)(C)c3ccccc3O)cc2)cc1)c1ccccc1O. The third-order valence-electron chi connectivity index (χ3n) is 6.54. The number of benzene rings is 4. The Balaban J connectivity index is 1.51. The highest BCUT2D eigenvalue weighted by molar-refractivity contribution is 5.48. The molecule has 4 aromatic carbocycles. The molecule has 2 N–H and O–H groups in total. The summed E-state index contributed by atoms with van der Waals surface area (Å²) in [6.45, 7) is 8.40. The Morgan fingerprint density at radius 1 is 0.485 bits per heavy atom. The zero-order valence-corrected chi connectivity index (χ0v) is 19.5. The number of hydrogen-bond acceptors (Lipinski definition) is 3. The van der Waals surface area contributed by atoms with Gasteiger partial charge in [0.05, 0.1) is 0 Å². The first-order valence-electron chi connectivity index (χ1n) is 11.2.